The highest BCUT2D eigenvalue weighted by Crippen LogP contribution is 2.01. The maximum absolute atomic E-state index is 8.39. The van der Waals surface area contributed by atoms with Gasteiger partial charge in [-0.25, -0.2) is 4.89 Å². The molecule has 0 fully saturated rings. The molecule has 0 aliphatic rings. The van der Waals surface area contributed by atoms with Crippen LogP contribution in [0.15, 0.2) is 10.2 Å². The maximum atomic E-state index is 8.39. The van der Waals surface area contributed by atoms with Crippen molar-refractivity contribution < 1.29 is 10.1 Å². The third-order valence-corrected chi connectivity index (χ3v) is 1.53. The quantitative estimate of drug-likeness (QED) is 0.473. The van der Waals surface area contributed by atoms with Crippen LogP contribution in [0.25, 0.3) is 0 Å². The summed E-state index contributed by atoms with van der Waals surface area (Å²) >= 11 is 0. The van der Waals surface area contributed by atoms with E-state index in [0.717, 1.165) is 0 Å². The minimum atomic E-state index is -0.403. The Kier molecular flexibility index (Phi) is 11.1. The summed E-state index contributed by atoms with van der Waals surface area (Å²) in [6.07, 6.45) is 0. The van der Waals surface area contributed by atoms with Crippen LogP contribution < -0.4 is 0 Å². The molecule has 6 heteroatoms. The van der Waals surface area contributed by atoms with E-state index >= 15 is 0 Å². The van der Waals surface area contributed by atoms with Crippen molar-refractivity contribution in [3.63, 3.8) is 0 Å². The van der Waals surface area contributed by atoms with Crippen LogP contribution in [-0.2, 0) is 4.89 Å². The van der Waals surface area contributed by atoms with Crippen LogP contribution in [0, 0.1) is 34.5 Å². The van der Waals surface area contributed by atoms with Gasteiger partial charge < -0.3 is 0 Å². The molecular weight excluding hydrogens is 232 g/mol. The van der Waals surface area contributed by atoms with Gasteiger partial charge in [-0.2, -0.15) is 20.8 Å². The Labute approximate surface area is 109 Å². The van der Waals surface area contributed by atoms with Crippen LogP contribution in [0.5, 0.6) is 0 Å². The summed E-state index contributed by atoms with van der Waals surface area (Å²) < 4.78 is 0. The fourth-order valence-electron chi connectivity index (χ4n) is 0.442. The molecule has 1 N–H and O–H groups in total. The fourth-order valence-corrected chi connectivity index (χ4v) is 0.442. The molecule has 0 aliphatic carbocycles. The zero-order valence-electron chi connectivity index (χ0n) is 11.7. The van der Waals surface area contributed by atoms with Crippen LogP contribution in [0.2, 0.25) is 0 Å². The van der Waals surface area contributed by atoms with E-state index < -0.39 is 5.60 Å². The first kappa shape index (κ1) is 18.9. The molecule has 0 spiro atoms. The lowest BCUT2D eigenvalue weighted by Crippen LogP contribution is -2.15. The third-order valence-electron chi connectivity index (χ3n) is 1.53. The molecular formula is C12H22N4O2. The monoisotopic (exact) mass is 254 g/mol. The molecule has 0 aromatic carbocycles. The van der Waals surface area contributed by atoms with E-state index in [1.807, 2.05) is 12.1 Å². The molecule has 2 atom stereocenters. The number of hydrogen-bond acceptors (Lipinski definition) is 6. The van der Waals surface area contributed by atoms with Gasteiger partial charge in [0.15, 0.2) is 0 Å². The average Bonchev–Trinajstić information content (AvgIpc) is 2.33. The molecule has 0 aliphatic heterocycles. The summed E-state index contributed by atoms with van der Waals surface area (Å²) in [5.41, 5.74) is -0.403. The lowest BCUT2D eigenvalue weighted by atomic mass is 10.2. The predicted molar refractivity (Wildman–Crippen MR) is 67.6 cm³/mol. The molecule has 6 nitrogen and oxygen atoms in total. The van der Waals surface area contributed by atoms with Gasteiger partial charge in [0.05, 0.1) is 42.7 Å². The van der Waals surface area contributed by atoms with Gasteiger partial charge in [-0.3, -0.25) is 5.26 Å². The average molecular weight is 254 g/mol. The van der Waals surface area contributed by atoms with Gasteiger partial charge in [-0.05, 0) is 34.6 Å². The smallest absolute Gasteiger partial charge is 0.0949 e. The highest BCUT2D eigenvalue weighted by molar-refractivity contribution is 4.81. The van der Waals surface area contributed by atoms with Gasteiger partial charge in [0, 0.05) is 0 Å². The van der Waals surface area contributed by atoms with Crippen molar-refractivity contribution in [2.45, 2.75) is 40.2 Å². The SMILES string of the molecule is CC(C#N)CN=NCC(C)C#N.CC(C)(C)OO. The van der Waals surface area contributed by atoms with Crippen molar-refractivity contribution in [3.05, 3.63) is 0 Å². The highest BCUT2D eigenvalue weighted by atomic mass is 17.1. The number of hydrogen-bond donors (Lipinski definition) is 1. The highest BCUT2D eigenvalue weighted by Gasteiger charge is 2.07. The Morgan fingerprint density at radius 3 is 1.50 bits per heavy atom. The Hall–Kier alpha value is -1.50. The standard InChI is InChI=1S/C8H12N4.C4H10O2/c1-7(3-9)5-11-12-6-8(2)4-10;1-4(2,3)6-5/h7-8H,5-6H2,1-2H3;5H,1-3H3. The first-order chi connectivity index (χ1) is 8.26. The number of rotatable bonds is 4. The molecule has 102 valence electrons. The molecule has 2 unspecified atom stereocenters. The van der Waals surface area contributed by atoms with E-state index in [4.69, 9.17) is 15.8 Å². The summed E-state index contributed by atoms with van der Waals surface area (Å²) in [5, 5.41) is 32.2. The van der Waals surface area contributed by atoms with Crippen molar-refractivity contribution in [1.82, 2.24) is 0 Å². The zero-order valence-corrected chi connectivity index (χ0v) is 11.7. The summed E-state index contributed by atoms with van der Waals surface area (Å²) in [6, 6.07) is 4.10. The number of azo groups is 1. The number of nitriles is 2. The van der Waals surface area contributed by atoms with Gasteiger partial charge in [0.2, 0.25) is 0 Å². The largest absolute Gasteiger partial charge is 0.251 e. The second-order valence-corrected chi connectivity index (χ2v) is 4.91. The molecule has 0 heterocycles. The summed E-state index contributed by atoms with van der Waals surface area (Å²) in [4.78, 5) is 3.94. The van der Waals surface area contributed by atoms with Gasteiger partial charge in [0.1, 0.15) is 0 Å². The Bertz CT molecular complexity index is 286. The summed E-state index contributed by atoms with van der Waals surface area (Å²) in [5.74, 6) is -0.183. The fraction of sp³-hybridized carbons (Fsp3) is 0.833. The maximum Gasteiger partial charge on any atom is 0.0949 e. The normalized spacial score (nSPS) is 14.0. The molecule has 0 saturated heterocycles. The first-order valence-electron chi connectivity index (χ1n) is 5.71. The second-order valence-electron chi connectivity index (χ2n) is 4.91. The van der Waals surface area contributed by atoms with Crippen LogP contribution in [-0.4, -0.2) is 23.9 Å². The minimum Gasteiger partial charge on any atom is -0.251 e. The van der Waals surface area contributed by atoms with E-state index in [-0.39, 0.29) is 11.8 Å². The lowest BCUT2D eigenvalue weighted by Gasteiger charge is -2.10. The van der Waals surface area contributed by atoms with Crippen molar-refractivity contribution in [2.75, 3.05) is 13.1 Å². The molecule has 0 bridgehead atoms. The van der Waals surface area contributed by atoms with Crippen LogP contribution >= 0.6 is 0 Å². The van der Waals surface area contributed by atoms with Gasteiger partial charge in [-0.15, -0.1) is 0 Å². The van der Waals surface area contributed by atoms with Gasteiger partial charge in [-0.1, -0.05) is 0 Å². The molecule has 0 radical (unpaired) electrons. The van der Waals surface area contributed by atoms with Crippen LogP contribution in [0.1, 0.15) is 34.6 Å². The first-order valence-corrected chi connectivity index (χ1v) is 5.71. The topological polar surface area (TPSA) is 102 Å². The molecule has 18 heavy (non-hydrogen) atoms. The van der Waals surface area contributed by atoms with Crippen LogP contribution in [0.4, 0.5) is 0 Å². The number of nitrogens with zero attached hydrogens (tertiary/aromatic N) is 4. The Morgan fingerprint density at radius 1 is 1.06 bits per heavy atom. The van der Waals surface area contributed by atoms with E-state index in [1.54, 1.807) is 34.6 Å². The molecule has 0 rings (SSSR count). The van der Waals surface area contributed by atoms with E-state index in [1.165, 1.54) is 0 Å². The zero-order chi connectivity index (χ0) is 14.6. The minimum absolute atomic E-state index is 0.0915. The summed E-state index contributed by atoms with van der Waals surface area (Å²) in [7, 11) is 0. The van der Waals surface area contributed by atoms with Gasteiger partial charge >= 0.3 is 0 Å². The summed E-state index contributed by atoms with van der Waals surface area (Å²) in [6.45, 7) is 9.73. The van der Waals surface area contributed by atoms with E-state index in [0.29, 0.717) is 13.1 Å². The van der Waals surface area contributed by atoms with Crippen LogP contribution in [0.3, 0.4) is 0 Å². The Balaban J connectivity index is 0. The van der Waals surface area contributed by atoms with Crippen molar-refractivity contribution in [1.29, 1.82) is 10.5 Å². The molecule has 0 aromatic heterocycles. The second kappa shape index (κ2) is 10.6. The lowest BCUT2D eigenvalue weighted by molar-refractivity contribution is -0.306. The molecule has 0 amide bonds. The van der Waals surface area contributed by atoms with E-state index in [9.17, 15) is 0 Å². The Morgan fingerprint density at radius 2 is 1.33 bits per heavy atom. The van der Waals surface area contributed by atoms with Crippen molar-refractivity contribution in [2.24, 2.45) is 22.1 Å². The van der Waals surface area contributed by atoms with Crippen molar-refractivity contribution >= 4 is 0 Å². The third kappa shape index (κ3) is 16.9. The van der Waals surface area contributed by atoms with E-state index in [2.05, 4.69) is 15.1 Å². The van der Waals surface area contributed by atoms with Crippen molar-refractivity contribution in [3.8, 4) is 12.1 Å². The van der Waals surface area contributed by atoms with Gasteiger partial charge in [0.25, 0.3) is 0 Å². The molecule has 0 saturated carbocycles. The predicted octanol–water partition coefficient (Wildman–Crippen LogP) is 3.03. The molecule has 0 aromatic rings.